The van der Waals surface area contributed by atoms with Crippen molar-refractivity contribution in [2.24, 2.45) is 5.84 Å². The number of hydrazine groups is 1. The molecular weight excluding hydrogens is 206 g/mol. The third-order valence-electron chi connectivity index (χ3n) is 2.03. The van der Waals surface area contributed by atoms with Gasteiger partial charge in [0.15, 0.2) is 5.82 Å². The van der Waals surface area contributed by atoms with Gasteiger partial charge < -0.3 is 15.5 Å². The number of unbranched alkanes of at least 4 members (excludes halogenated alkanes) is 1. The van der Waals surface area contributed by atoms with Crippen LogP contribution in [0.25, 0.3) is 0 Å². The van der Waals surface area contributed by atoms with Gasteiger partial charge in [-0.05, 0) is 6.42 Å². The van der Waals surface area contributed by atoms with Gasteiger partial charge in [-0.3, -0.25) is 0 Å². The van der Waals surface area contributed by atoms with Crippen LogP contribution in [0, 0.1) is 0 Å². The predicted octanol–water partition coefficient (Wildman–Crippen LogP) is 1.12. The maximum absolute atomic E-state index is 5.33. The number of aromatic nitrogens is 2. The molecule has 1 heterocycles. The SMILES string of the molecule is CCCCNc1cc(NN)nc(COC)n1. The number of nitrogens with one attached hydrogen (secondary N) is 2. The molecule has 4 N–H and O–H groups in total. The molecule has 0 fully saturated rings. The fourth-order valence-corrected chi connectivity index (χ4v) is 1.25. The molecule has 0 spiro atoms. The van der Waals surface area contributed by atoms with E-state index in [4.69, 9.17) is 10.6 Å². The van der Waals surface area contributed by atoms with Crippen LogP contribution in [0.2, 0.25) is 0 Å². The molecule has 0 bridgehead atoms. The van der Waals surface area contributed by atoms with Crippen LogP contribution in [0.1, 0.15) is 25.6 Å². The standard InChI is InChI=1S/C10H19N5O/c1-3-4-5-12-8-6-9(15-11)14-10(13-8)7-16-2/h6H,3-5,7,11H2,1-2H3,(H2,12,13,14,15). The van der Waals surface area contributed by atoms with Crippen LogP contribution in [-0.2, 0) is 11.3 Å². The lowest BCUT2D eigenvalue weighted by Gasteiger charge is -2.08. The normalized spacial score (nSPS) is 10.2. The van der Waals surface area contributed by atoms with E-state index in [9.17, 15) is 0 Å². The van der Waals surface area contributed by atoms with Crippen LogP contribution >= 0.6 is 0 Å². The smallest absolute Gasteiger partial charge is 0.158 e. The number of rotatable bonds is 7. The zero-order valence-corrected chi connectivity index (χ0v) is 9.79. The van der Waals surface area contributed by atoms with Crippen molar-refractivity contribution in [3.05, 3.63) is 11.9 Å². The molecule has 1 rings (SSSR count). The largest absolute Gasteiger partial charge is 0.377 e. The summed E-state index contributed by atoms with van der Waals surface area (Å²) in [6, 6.07) is 1.77. The van der Waals surface area contributed by atoms with E-state index in [-0.39, 0.29) is 0 Å². The first kappa shape index (κ1) is 12.7. The van der Waals surface area contributed by atoms with Crippen LogP contribution in [0.4, 0.5) is 11.6 Å². The van der Waals surface area contributed by atoms with Crippen molar-refractivity contribution in [2.45, 2.75) is 26.4 Å². The number of nitrogen functional groups attached to an aromatic ring is 1. The van der Waals surface area contributed by atoms with Gasteiger partial charge in [0.2, 0.25) is 0 Å². The van der Waals surface area contributed by atoms with E-state index in [1.165, 1.54) is 0 Å². The van der Waals surface area contributed by atoms with Gasteiger partial charge in [-0.25, -0.2) is 15.8 Å². The topological polar surface area (TPSA) is 85.1 Å². The Kier molecular flexibility index (Phi) is 5.52. The lowest BCUT2D eigenvalue weighted by atomic mass is 10.3. The Bertz CT molecular complexity index is 318. The first-order valence-electron chi connectivity index (χ1n) is 5.37. The molecule has 1 aromatic rings. The number of nitrogens with zero attached hydrogens (tertiary/aromatic N) is 2. The number of nitrogens with two attached hydrogens (primary N) is 1. The quantitative estimate of drug-likeness (QED) is 0.366. The third-order valence-corrected chi connectivity index (χ3v) is 2.03. The Morgan fingerprint density at radius 1 is 1.38 bits per heavy atom. The van der Waals surface area contributed by atoms with E-state index in [2.05, 4.69) is 27.6 Å². The molecule has 1 aromatic heterocycles. The van der Waals surface area contributed by atoms with E-state index in [1.807, 2.05) is 0 Å². The minimum atomic E-state index is 0.373. The van der Waals surface area contributed by atoms with Crippen molar-refractivity contribution in [2.75, 3.05) is 24.4 Å². The molecule has 0 amide bonds. The highest BCUT2D eigenvalue weighted by Gasteiger charge is 2.03. The molecule has 6 heteroatoms. The van der Waals surface area contributed by atoms with Crippen LogP contribution in [-0.4, -0.2) is 23.6 Å². The van der Waals surface area contributed by atoms with Gasteiger partial charge in [-0.2, -0.15) is 0 Å². The summed E-state index contributed by atoms with van der Waals surface area (Å²) in [4.78, 5) is 8.46. The minimum absolute atomic E-state index is 0.373. The van der Waals surface area contributed by atoms with Crippen molar-refractivity contribution in [1.29, 1.82) is 0 Å². The van der Waals surface area contributed by atoms with E-state index < -0.39 is 0 Å². The Labute approximate surface area is 95.6 Å². The second kappa shape index (κ2) is 6.97. The van der Waals surface area contributed by atoms with Crippen molar-refractivity contribution in [3.63, 3.8) is 0 Å². The summed E-state index contributed by atoms with van der Waals surface area (Å²) >= 11 is 0. The highest BCUT2D eigenvalue weighted by molar-refractivity contribution is 5.46. The first-order valence-corrected chi connectivity index (χ1v) is 5.37. The third kappa shape index (κ3) is 4.00. The fraction of sp³-hybridized carbons (Fsp3) is 0.600. The number of ether oxygens (including phenoxy) is 1. The fourth-order valence-electron chi connectivity index (χ4n) is 1.25. The van der Waals surface area contributed by atoms with Crippen LogP contribution in [0.15, 0.2) is 6.07 Å². The summed E-state index contributed by atoms with van der Waals surface area (Å²) in [5.74, 6) is 7.29. The van der Waals surface area contributed by atoms with Crippen molar-refractivity contribution < 1.29 is 4.74 Å². The van der Waals surface area contributed by atoms with Gasteiger partial charge in [-0.1, -0.05) is 13.3 Å². The monoisotopic (exact) mass is 225 g/mol. The maximum atomic E-state index is 5.33. The van der Waals surface area contributed by atoms with Gasteiger partial charge in [0.25, 0.3) is 0 Å². The zero-order valence-electron chi connectivity index (χ0n) is 9.79. The lowest BCUT2D eigenvalue weighted by molar-refractivity contribution is 0.178. The van der Waals surface area contributed by atoms with E-state index in [0.29, 0.717) is 18.2 Å². The van der Waals surface area contributed by atoms with Crippen LogP contribution < -0.4 is 16.6 Å². The molecule has 0 unspecified atom stereocenters. The highest BCUT2D eigenvalue weighted by Crippen LogP contribution is 2.11. The average Bonchev–Trinajstić information content (AvgIpc) is 2.29. The lowest BCUT2D eigenvalue weighted by Crippen LogP contribution is -2.13. The summed E-state index contributed by atoms with van der Waals surface area (Å²) < 4.78 is 4.99. The highest BCUT2D eigenvalue weighted by atomic mass is 16.5. The molecule has 0 radical (unpaired) electrons. The number of hydrogen-bond acceptors (Lipinski definition) is 6. The number of hydrogen-bond donors (Lipinski definition) is 3. The Hall–Kier alpha value is -1.40. The van der Waals surface area contributed by atoms with Crippen molar-refractivity contribution in [1.82, 2.24) is 9.97 Å². The van der Waals surface area contributed by atoms with Crippen molar-refractivity contribution in [3.8, 4) is 0 Å². The molecule has 0 aromatic carbocycles. The predicted molar refractivity (Wildman–Crippen MR) is 64.0 cm³/mol. The van der Waals surface area contributed by atoms with E-state index in [1.54, 1.807) is 13.2 Å². The second-order valence-corrected chi connectivity index (χ2v) is 3.41. The summed E-state index contributed by atoms with van der Waals surface area (Å²) in [5.41, 5.74) is 2.51. The molecule has 0 saturated heterocycles. The van der Waals surface area contributed by atoms with Crippen LogP contribution in [0.3, 0.4) is 0 Å². The molecule has 6 nitrogen and oxygen atoms in total. The molecule has 0 atom stereocenters. The average molecular weight is 225 g/mol. The molecule has 16 heavy (non-hydrogen) atoms. The Morgan fingerprint density at radius 2 is 2.12 bits per heavy atom. The van der Waals surface area contributed by atoms with E-state index >= 15 is 0 Å². The summed E-state index contributed by atoms with van der Waals surface area (Å²) in [7, 11) is 1.61. The van der Waals surface area contributed by atoms with Crippen molar-refractivity contribution >= 4 is 11.6 Å². The minimum Gasteiger partial charge on any atom is -0.377 e. The number of anilines is 2. The van der Waals surface area contributed by atoms with Gasteiger partial charge in [0.1, 0.15) is 18.2 Å². The van der Waals surface area contributed by atoms with Gasteiger partial charge in [-0.15, -0.1) is 0 Å². The molecule has 90 valence electrons. The van der Waals surface area contributed by atoms with Gasteiger partial charge in [0, 0.05) is 19.7 Å². The maximum Gasteiger partial charge on any atom is 0.158 e. The summed E-state index contributed by atoms with van der Waals surface area (Å²) in [5, 5.41) is 3.22. The molecule has 0 saturated carbocycles. The molecule has 0 aliphatic heterocycles. The first-order chi connectivity index (χ1) is 7.80. The molecular formula is C10H19N5O. The van der Waals surface area contributed by atoms with Gasteiger partial charge in [0.05, 0.1) is 0 Å². The number of methoxy groups -OCH3 is 1. The zero-order chi connectivity index (χ0) is 11.8. The van der Waals surface area contributed by atoms with Gasteiger partial charge >= 0.3 is 0 Å². The molecule has 0 aliphatic rings. The Morgan fingerprint density at radius 3 is 2.75 bits per heavy atom. The summed E-state index contributed by atoms with van der Waals surface area (Å²) in [6.07, 6.45) is 2.25. The summed E-state index contributed by atoms with van der Waals surface area (Å²) in [6.45, 7) is 3.41. The van der Waals surface area contributed by atoms with Crippen LogP contribution in [0.5, 0.6) is 0 Å². The Balaban J connectivity index is 2.69. The van der Waals surface area contributed by atoms with E-state index in [0.717, 1.165) is 25.2 Å². The second-order valence-electron chi connectivity index (χ2n) is 3.41. The molecule has 0 aliphatic carbocycles.